The molecule has 0 aromatic heterocycles. The lowest BCUT2D eigenvalue weighted by Crippen LogP contribution is -2.00. The topological polar surface area (TPSA) is 78.4 Å². The zero-order valence-corrected chi connectivity index (χ0v) is 12.5. The van der Waals surface area contributed by atoms with Gasteiger partial charge in [-0.3, -0.25) is 10.1 Å². The summed E-state index contributed by atoms with van der Waals surface area (Å²) in [5.41, 5.74) is 6.22. The molecule has 2 aromatic carbocycles. The van der Waals surface area contributed by atoms with Crippen molar-refractivity contribution in [3.63, 3.8) is 0 Å². The second kappa shape index (κ2) is 6.21. The lowest BCUT2D eigenvalue weighted by atomic mass is 10.2. The molecule has 0 saturated heterocycles. The Labute approximate surface area is 128 Å². The van der Waals surface area contributed by atoms with E-state index in [0.29, 0.717) is 26.6 Å². The van der Waals surface area contributed by atoms with Crippen LogP contribution in [-0.2, 0) is 6.54 Å². The number of nitro groups is 1. The van der Waals surface area contributed by atoms with Crippen molar-refractivity contribution in [1.82, 2.24) is 0 Å². The van der Waals surface area contributed by atoms with Crippen molar-refractivity contribution in [3.8, 4) is 11.5 Å². The maximum atomic E-state index is 10.8. The molecule has 2 rings (SSSR count). The monoisotopic (exact) mass is 356 g/mol. The van der Waals surface area contributed by atoms with Gasteiger partial charge < -0.3 is 10.5 Å². The predicted molar refractivity (Wildman–Crippen MR) is 80.2 cm³/mol. The van der Waals surface area contributed by atoms with Gasteiger partial charge in [0.05, 0.1) is 11.0 Å². The number of nitrogens with two attached hydrogens (primary N) is 1. The van der Waals surface area contributed by atoms with Gasteiger partial charge in [-0.05, 0) is 18.2 Å². The van der Waals surface area contributed by atoms with Gasteiger partial charge in [-0.2, -0.15) is 0 Å². The molecule has 0 radical (unpaired) electrons. The number of halogens is 2. The molecule has 0 unspecified atom stereocenters. The molecule has 0 saturated carbocycles. The van der Waals surface area contributed by atoms with E-state index in [4.69, 9.17) is 22.1 Å². The van der Waals surface area contributed by atoms with Crippen LogP contribution < -0.4 is 10.5 Å². The second-order valence-electron chi connectivity index (χ2n) is 3.92. The Balaban J connectivity index is 2.40. The molecular weight excluding hydrogens is 348 g/mol. The lowest BCUT2D eigenvalue weighted by Gasteiger charge is -2.11. The molecule has 0 aliphatic heterocycles. The Morgan fingerprint density at radius 3 is 2.75 bits per heavy atom. The molecule has 5 nitrogen and oxygen atoms in total. The van der Waals surface area contributed by atoms with Crippen LogP contribution >= 0.6 is 27.5 Å². The summed E-state index contributed by atoms with van der Waals surface area (Å²) < 4.78 is 6.21. The van der Waals surface area contributed by atoms with Gasteiger partial charge in [0.25, 0.3) is 5.69 Å². The van der Waals surface area contributed by atoms with E-state index in [0.717, 1.165) is 0 Å². The van der Waals surface area contributed by atoms with Gasteiger partial charge in [-0.1, -0.05) is 33.6 Å². The Bertz CT molecular complexity index is 664. The van der Waals surface area contributed by atoms with Crippen molar-refractivity contribution in [2.24, 2.45) is 5.73 Å². The molecule has 2 aromatic rings. The van der Waals surface area contributed by atoms with E-state index in [2.05, 4.69) is 15.9 Å². The Hall–Kier alpha value is -1.63. The van der Waals surface area contributed by atoms with Crippen molar-refractivity contribution in [2.75, 3.05) is 0 Å². The molecule has 0 aliphatic rings. The SMILES string of the molecule is NCc1c(Cl)cccc1Oc1cc(Br)cc([N+](=O)[O-])c1. The van der Waals surface area contributed by atoms with Gasteiger partial charge in [0.15, 0.2) is 0 Å². The first-order valence-corrected chi connectivity index (χ1v) is 6.78. The third-order valence-electron chi connectivity index (χ3n) is 2.57. The van der Waals surface area contributed by atoms with Crippen molar-refractivity contribution in [1.29, 1.82) is 0 Å². The zero-order valence-electron chi connectivity index (χ0n) is 10.2. The summed E-state index contributed by atoms with van der Waals surface area (Å²) in [6.07, 6.45) is 0. The molecule has 104 valence electrons. The van der Waals surface area contributed by atoms with Crippen molar-refractivity contribution >= 4 is 33.2 Å². The highest BCUT2D eigenvalue weighted by Gasteiger charge is 2.12. The molecule has 0 fully saturated rings. The molecule has 7 heteroatoms. The fourth-order valence-electron chi connectivity index (χ4n) is 1.67. The van der Waals surface area contributed by atoms with Crippen LogP contribution in [0.2, 0.25) is 5.02 Å². The third kappa shape index (κ3) is 3.27. The normalized spacial score (nSPS) is 10.3. The first-order valence-electron chi connectivity index (χ1n) is 5.61. The molecule has 0 spiro atoms. The minimum Gasteiger partial charge on any atom is -0.457 e. The summed E-state index contributed by atoms with van der Waals surface area (Å²) in [6, 6.07) is 9.51. The molecule has 0 heterocycles. The minimum atomic E-state index is -0.487. The Kier molecular flexibility index (Phi) is 4.59. The van der Waals surface area contributed by atoms with E-state index in [1.807, 2.05) is 0 Å². The van der Waals surface area contributed by atoms with Crippen LogP contribution in [0.25, 0.3) is 0 Å². The highest BCUT2D eigenvalue weighted by atomic mass is 79.9. The maximum Gasteiger partial charge on any atom is 0.274 e. The van der Waals surface area contributed by atoms with Crippen LogP contribution in [0.5, 0.6) is 11.5 Å². The number of ether oxygens (including phenoxy) is 1. The first-order chi connectivity index (χ1) is 9.51. The molecule has 0 bridgehead atoms. The summed E-state index contributed by atoms with van der Waals surface area (Å²) in [5, 5.41) is 11.3. The summed E-state index contributed by atoms with van der Waals surface area (Å²) in [6.45, 7) is 0.213. The van der Waals surface area contributed by atoms with E-state index < -0.39 is 4.92 Å². The van der Waals surface area contributed by atoms with Gasteiger partial charge in [-0.25, -0.2) is 0 Å². The quantitative estimate of drug-likeness (QED) is 0.655. The maximum absolute atomic E-state index is 10.8. The molecule has 0 atom stereocenters. The molecular formula is C13H10BrClN2O3. The minimum absolute atomic E-state index is 0.0642. The van der Waals surface area contributed by atoms with Crippen LogP contribution in [-0.4, -0.2) is 4.92 Å². The number of nitrogens with zero attached hydrogens (tertiary/aromatic N) is 1. The second-order valence-corrected chi connectivity index (χ2v) is 5.25. The van der Waals surface area contributed by atoms with E-state index in [-0.39, 0.29) is 12.2 Å². The van der Waals surface area contributed by atoms with Crippen LogP contribution in [0.3, 0.4) is 0 Å². The van der Waals surface area contributed by atoms with E-state index >= 15 is 0 Å². The van der Waals surface area contributed by atoms with Crippen LogP contribution in [0.1, 0.15) is 5.56 Å². The number of rotatable bonds is 4. The van der Waals surface area contributed by atoms with Crippen molar-refractivity contribution < 1.29 is 9.66 Å². The molecule has 20 heavy (non-hydrogen) atoms. The smallest absolute Gasteiger partial charge is 0.274 e. The fraction of sp³-hybridized carbons (Fsp3) is 0.0769. The predicted octanol–water partition coefficient (Wildman–Crippen LogP) is 4.26. The number of hydrogen-bond acceptors (Lipinski definition) is 4. The molecule has 0 aliphatic carbocycles. The Morgan fingerprint density at radius 2 is 2.10 bits per heavy atom. The number of nitro benzene ring substituents is 1. The van der Waals surface area contributed by atoms with Crippen molar-refractivity contribution in [3.05, 3.63) is 61.6 Å². The van der Waals surface area contributed by atoms with Crippen LogP contribution in [0, 0.1) is 10.1 Å². The third-order valence-corrected chi connectivity index (χ3v) is 3.39. The standard InChI is InChI=1S/C13H10BrClN2O3/c14-8-4-9(17(18)19)6-10(5-8)20-13-3-1-2-12(15)11(13)7-16/h1-6H,7,16H2. The van der Waals surface area contributed by atoms with Gasteiger partial charge in [0.1, 0.15) is 11.5 Å². The molecule has 2 N–H and O–H groups in total. The summed E-state index contributed by atoms with van der Waals surface area (Å²) >= 11 is 9.24. The van der Waals surface area contributed by atoms with Crippen LogP contribution in [0.4, 0.5) is 5.69 Å². The highest BCUT2D eigenvalue weighted by Crippen LogP contribution is 2.33. The summed E-state index contributed by atoms with van der Waals surface area (Å²) in [5.74, 6) is 0.815. The van der Waals surface area contributed by atoms with Crippen molar-refractivity contribution in [2.45, 2.75) is 6.54 Å². The number of benzene rings is 2. The van der Waals surface area contributed by atoms with Gasteiger partial charge in [0, 0.05) is 27.7 Å². The highest BCUT2D eigenvalue weighted by molar-refractivity contribution is 9.10. The summed E-state index contributed by atoms with van der Waals surface area (Å²) in [4.78, 5) is 10.3. The average Bonchev–Trinajstić information content (AvgIpc) is 2.38. The Morgan fingerprint density at radius 1 is 1.35 bits per heavy atom. The number of non-ortho nitro benzene ring substituents is 1. The van der Waals surface area contributed by atoms with E-state index in [1.54, 1.807) is 24.3 Å². The average molecular weight is 358 g/mol. The zero-order chi connectivity index (χ0) is 14.7. The van der Waals surface area contributed by atoms with Gasteiger partial charge >= 0.3 is 0 Å². The first kappa shape index (κ1) is 14.8. The summed E-state index contributed by atoms with van der Waals surface area (Å²) in [7, 11) is 0. The van der Waals surface area contributed by atoms with E-state index in [1.165, 1.54) is 12.1 Å². The van der Waals surface area contributed by atoms with E-state index in [9.17, 15) is 10.1 Å². The molecule has 0 amide bonds. The van der Waals surface area contributed by atoms with Gasteiger partial charge in [0.2, 0.25) is 0 Å². The largest absolute Gasteiger partial charge is 0.457 e. The van der Waals surface area contributed by atoms with Crippen LogP contribution in [0.15, 0.2) is 40.9 Å². The number of hydrogen-bond donors (Lipinski definition) is 1. The fourth-order valence-corrected chi connectivity index (χ4v) is 2.38. The lowest BCUT2D eigenvalue weighted by molar-refractivity contribution is -0.385. The van der Waals surface area contributed by atoms with Gasteiger partial charge in [-0.15, -0.1) is 0 Å².